The highest BCUT2D eigenvalue weighted by Crippen LogP contribution is 2.34. The van der Waals surface area contributed by atoms with Gasteiger partial charge in [0, 0.05) is 18.7 Å². The number of hydrogen-bond acceptors (Lipinski definition) is 6. The number of nitrogens with zero attached hydrogens (tertiary/aromatic N) is 3. The molecule has 0 spiro atoms. The monoisotopic (exact) mass is 393 g/mol. The number of anilines is 1. The molecule has 0 radical (unpaired) electrons. The molecule has 1 aromatic heterocycles. The lowest BCUT2D eigenvalue weighted by molar-refractivity contribution is 0.0303. The number of hydrogen-bond donors (Lipinski definition) is 0. The summed E-state index contributed by atoms with van der Waals surface area (Å²) in [6.45, 7) is 2.22. The van der Waals surface area contributed by atoms with Crippen LogP contribution in [0.3, 0.4) is 0 Å². The van der Waals surface area contributed by atoms with E-state index in [4.69, 9.17) is 4.74 Å². The van der Waals surface area contributed by atoms with Crippen LogP contribution < -0.4 is 4.90 Å². The van der Waals surface area contributed by atoms with Gasteiger partial charge in [-0.1, -0.05) is 23.5 Å². The highest BCUT2D eigenvalue weighted by Gasteiger charge is 2.38. The maximum absolute atomic E-state index is 12.7. The molecule has 3 aromatic rings. The molecule has 2 aliphatic heterocycles. The fourth-order valence-corrected chi connectivity index (χ4v) is 4.46. The van der Waals surface area contributed by atoms with E-state index in [0.29, 0.717) is 53.6 Å². The van der Waals surface area contributed by atoms with Crippen LogP contribution in [0.2, 0.25) is 0 Å². The Hall–Kier alpha value is -3.10. The second-order valence-electron chi connectivity index (χ2n) is 6.57. The van der Waals surface area contributed by atoms with Gasteiger partial charge >= 0.3 is 0 Å². The molecule has 0 atom stereocenters. The predicted molar refractivity (Wildman–Crippen MR) is 104 cm³/mol. The van der Waals surface area contributed by atoms with Crippen molar-refractivity contribution in [3.05, 3.63) is 59.2 Å². The molecule has 140 valence electrons. The zero-order valence-electron chi connectivity index (χ0n) is 14.8. The number of morpholine rings is 1. The van der Waals surface area contributed by atoms with Gasteiger partial charge in [-0.05, 0) is 30.3 Å². The molecule has 0 saturated carbocycles. The molecule has 0 N–H and O–H groups in total. The topological polar surface area (TPSA) is 79.8 Å². The normalized spacial score (nSPS) is 16.7. The van der Waals surface area contributed by atoms with Crippen LogP contribution in [0.4, 0.5) is 5.13 Å². The first-order chi connectivity index (χ1) is 13.6. The van der Waals surface area contributed by atoms with E-state index < -0.39 is 0 Å². The van der Waals surface area contributed by atoms with Crippen LogP contribution in [-0.2, 0) is 4.74 Å². The second-order valence-corrected chi connectivity index (χ2v) is 7.58. The number of amides is 3. The van der Waals surface area contributed by atoms with Gasteiger partial charge in [-0.15, -0.1) is 0 Å². The molecule has 3 heterocycles. The van der Waals surface area contributed by atoms with Gasteiger partial charge < -0.3 is 9.64 Å². The summed E-state index contributed by atoms with van der Waals surface area (Å²) in [6.07, 6.45) is 0. The molecule has 0 aliphatic carbocycles. The van der Waals surface area contributed by atoms with Crippen LogP contribution in [0.25, 0.3) is 10.2 Å². The largest absolute Gasteiger partial charge is 0.378 e. The summed E-state index contributed by atoms with van der Waals surface area (Å²) in [5.74, 6) is -0.797. The average molecular weight is 393 g/mol. The van der Waals surface area contributed by atoms with E-state index in [1.165, 1.54) is 11.3 Å². The van der Waals surface area contributed by atoms with Gasteiger partial charge in [-0.2, -0.15) is 0 Å². The summed E-state index contributed by atoms with van der Waals surface area (Å²) in [7, 11) is 0. The number of imide groups is 1. The van der Waals surface area contributed by atoms with Crippen molar-refractivity contribution in [3.63, 3.8) is 0 Å². The average Bonchev–Trinajstić information content (AvgIpc) is 3.26. The number of thiazole rings is 1. The van der Waals surface area contributed by atoms with Crippen molar-refractivity contribution in [2.45, 2.75) is 0 Å². The van der Waals surface area contributed by atoms with E-state index in [-0.39, 0.29) is 17.7 Å². The quantitative estimate of drug-likeness (QED) is 0.625. The minimum absolute atomic E-state index is 0.0547. The van der Waals surface area contributed by atoms with E-state index in [2.05, 4.69) is 4.98 Å². The number of benzene rings is 2. The van der Waals surface area contributed by atoms with Gasteiger partial charge in [0.25, 0.3) is 17.7 Å². The van der Waals surface area contributed by atoms with E-state index >= 15 is 0 Å². The van der Waals surface area contributed by atoms with Crippen LogP contribution in [0.1, 0.15) is 31.1 Å². The standard InChI is InChI=1S/C20H15N3O4S/c24-17(22-7-9-27-10-8-22)12-5-6-15-16(11-12)28-20(21-15)23-18(25)13-3-1-2-4-14(13)19(23)26/h1-6,11H,7-10H2. The number of rotatable bonds is 2. The number of carbonyl (C=O) groups is 3. The van der Waals surface area contributed by atoms with Crippen LogP contribution >= 0.6 is 11.3 Å². The summed E-state index contributed by atoms with van der Waals surface area (Å²) in [5, 5.41) is 0.317. The van der Waals surface area contributed by atoms with Gasteiger partial charge in [0.2, 0.25) is 5.13 Å². The Morgan fingerprint density at radius 3 is 2.36 bits per heavy atom. The van der Waals surface area contributed by atoms with E-state index in [9.17, 15) is 14.4 Å². The Bertz CT molecular complexity index is 1100. The van der Waals surface area contributed by atoms with Crippen LogP contribution in [0, 0.1) is 0 Å². The third kappa shape index (κ3) is 2.61. The lowest BCUT2D eigenvalue weighted by Gasteiger charge is -2.26. The minimum Gasteiger partial charge on any atom is -0.378 e. The van der Waals surface area contributed by atoms with E-state index in [1.807, 2.05) is 0 Å². The molecule has 0 bridgehead atoms. The molecular weight excluding hydrogens is 378 g/mol. The molecule has 8 heteroatoms. The first-order valence-electron chi connectivity index (χ1n) is 8.89. The van der Waals surface area contributed by atoms with Crippen LogP contribution in [0.5, 0.6) is 0 Å². The SMILES string of the molecule is O=C(c1ccc2nc(N3C(=O)c4ccccc4C3=O)sc2c1)N1CCOCC1. The molecule has 0 unspecified atom stereocenters. The maximum Gasteiger partial charge on any atom is 0.268 e. The second kappa shape index (κ2) is 6.50. The van der Waals surface area contributed by atoms with Gasteiger partial charge in [0.15, 0.2) is 0 Å². The Balaban J connectivity index is 1.49. The molecule has 3 amide bonds. The molecule has 1 saturated heterocycles. The zero-order chi connectivity index (χ0) is 19.3. The Morgan fingerprint density at radius 2 is 1.68 bits per heavy atom. The van der Waals surface area contributed by atoms with Crippen molar-refractivity contribution in [3.8, 4) is 0 Å². The Labute approximate surface area is 164 Å². The number of carbonyl (C=O) groups excluding carboxylic acids is 3. The van der Waals surface area contributed by atoms with Crippen LogP contribution in [-0.4, -0.2) is 53.9 Å². The molecule has 2 aromatic carbocycles. The lowest BCUT2D eigenvalue weighted by Crippen LogP contribution is -2.40. The first-order valence-corrected chi connectivity index (χ1v) is 9.70. The van der Waals surface area contributed by atoms with Crippen molar-refractivity contribution in [2.24, 2.45) is 0 Å². The molecule has 2 aliphatic rings. The van der Waals surface area contributed by atoms with Crippen molar-refractivity contribution in [2.75, 3.05) is 31.2 Å². The molecule has 1 fully saturated rings. The highest BCUT2D eigenvalue weighted by atomic mass is 32.1. The first kappa shape index (κ1) is 17.0. The van der Waals surface area contributed by atoms with Crippen molar-refractivity contribution < 1.29 is 19.1 Å². The van der Waals surface area contributed by atoms with Gasteiger partial charge in [0.1, 0.15) is 0 Å². The summed E-state index contributed by atoms with van der Waals surface area (Å²) in [4.78, 5) is 45.3. The van der Waals surface area contributed by atoms with Gasteiger partial charge in [-0.25, -0.2) is 9.88 Å². The zero-order valence-corrected chi connectivity index (χ0v) is 15.6. The fraction of sp³-hybridized carbons (Fsp3) is 0.200. The summed E-state index contributed by atoms with van der Waals surface area (Å²) < 4.78 is 6.05. The maximum atomic E-state index is 12.7. The summed E-state index contributed by atoms with van der Waals surface area (Å²) in [5.41, 5.74) is 1.98. The van der Waals surface area contributed by atoms with Crippen molar-refractivity contribution >= 4 is 44.4 Å². The Morgan fingerprint density at radius 1 is 1.00 bits per heavy atom. The molecule has 5 rings (SSSR count). The number of ether oxygens (including phenoxy) is 1. The van der Waals surface area contributed by atoms with Crippen molar-refractivity contribution in [1.29, 1.82) is 0 Å². The highest BCUT2D eigenvalue weighted by molar-refractivity contribution is 7.22. The van der Waals surface area contributed by atoms with Gasteiger partial charge in [0.05, 0.1) is 34.6 Å². The summed E-state index contributed by atoms with van der Waals surface area (Å²) >= 11 is 1.23. The summed E-state index contributed by atoms with van der Waals surface area (Å²) in [6, 6.07) is 12.0. The predicted octanol–water partition coefficient (Wildman–Crippen LogP) is 2.57. The lowest BCUT2D eigenvalue weighted by atomic mass is 10.1. The minimum atomic E-state index is -0.371. The number of aromatic nitrogens is 1. The number of fused-ring (bicyclic) bond motifs is 2. The third-order valence-corrected chi connectivity index (χ3v) is 5.91. The third-order valence-electron chi connectivity index (χ3n) is 4.91. The van der Waals surface area contributed by atoms with E-state index in [0.717, 1.165) is 9.60 Å². The Kier molecular flexibility index (Phi) is 3.96. The van der Waals surface area contributed by atoms with Crippen molar-refractivity contribution in [1.82, 2.24) is 9.88 Å². The molecule has 7 nitrogen and oxygen atoms in total. The molecular formula is C20H15N3O4S. The van der Waals surface area contributed by atoms with Crippen LogP contribution in [0.15, 0.2) is 42.5 Å². The van der Waals surface area contributed by atoms with Gasteiger partial charge in [-0.3, -0.25) is 14.4 Å². The smallest absolute Gasteiger partial charge is 0.268 e. The molecule has 28 heavy (non-hydrogen) atoms. The van der Waals surface area contributed by atoms with E-state index in [1.54, 1.807) is 47.4 Å². The fourth-order valence-electron chi connectivity index (χ4n) is 3.45.